The maximum absolute atomic E-state index is 12.0. The van der Waals surface area contributed by atoms with Gasteiger partial charge in [-0.3, -0.25) is 4.79 Å². The van der Waals surface area contributed by atoms with E-state index in [-0.39, 0.29) is 11.3 Å². The standard InChI is InChI=1S/C10H13ClN2OS/c1-7-12-6-9(15-7)10(14)13-4-2-8(11)3-5-13/h6,8H,2-5H2,1H3. The predicted octanol–water partition coefficient (Wildman–Crippen LogP) is 2.29. The van der Waals surface area contributed by atoms with Crippen LogP contribution in [0.5, 0.6) is 0 Å². The number of amides is 1. The molecule has 1 aromatic heterocycles. The van der Waals surface area contributed by atoms with E-state index < -0.39 is 0 Å². The van der Waals surface area contributed by atoms with Crippen LogP contribution < -0.4 is 0 Å². The number of aromatic nitrogens is 1. The fraction of sp³-hybridized carbons (Fsp3) is 0.600. The molecule has 82 valence electrons. The summed E-state index contributed by atoms with van der Waals surface area (Å²) in [5, 5.41) is 1.17. The SMILES string of the molecule is Cc1ncc(C(=O)N2CCC(Cl)CC2)s1. The first-order chi connectivity index (χ1) is 7.16. The maximum Gasteiger partial charge on any atom is 0.265 e. The highest BCUT2D eigenvalue weighted by molar-refractivity contribution is 7.13. The van der Waals surface area contributed by atoms with Gasteiger partial charge in [0.15, 0.2) is 0 Å². The molecule has 2 rings (SSSR count). The van der Waals surface area contributed by atoms with E-state index in [1.54, 1.807) is 6.20 Å². The quantitative estimate of drug-likeness (QED) is 0.711. The first-order valence-corrected chi connectivity index (χ1v) is 6.28. The minimum Gasteiger partial charge on any atom is -0.338 e. The number of aryl methyl sites for hydroxylation is 1. The molecule has 0 bridgehead atoms. The van der Waals surface area contributed by atoms with E-state index in [0.717, 1.165) is 35.8 Å². The van der Waals surface area contributed by atoms with Crippen LogP contribution in [-0.2, 0) is 0 Å². The van der Waals surface area contributed by atoms with Gasteiger partial charge in [0.1, 0.15) is 4.88 Å². The van der Waals surface area contributed by atoms with Crippen LogP contribution in [0.2, 0.25) is 0 Å². The van der Waals surface area contributed by atoms with E-state index in [1.807, 2.05) is 11.8 Å². The molecule has 1 aromatic rings. The lowest BCUT2D eigenvalue weighted by Crippen LogP contribution is -2.38. The van der Waals surface area contributed by atoms with Crippen molar-refractivity contribution in [2.75, 3.05) is 13.1 Å². The molecule has 1 amide bonds. The Morgan fingerprint density at radius 3 is 2.80 bits per heavy atom. The molecule has 0 saturated carbocycles. The molecule has 2 heterocycles. The van der Waals surface area contributed by atoms with Crippen LogP contribution in [0.4, 0.5) is 0 Å². The van der Waals surface area contributed by atoms with Gasteiger partial charge in [-0.2, -0.15) is 0 Å². The average Bonchev–Trinajstić information content (AvgIpc) is 2.65. The summed E-state index contributed by atoms with van der Waals surface area (Å²) in [4.78, 5) is 18.7. The second kappa shape index (κ2) is 4.49. The Morgan fingerprint density at radius 2 is 2.27 bits per heavy atom. The molecule has 0 spiro atoms. The van der Waals surface area contributed by atoms with Crippen LogP contribution >= 0.6 is 22.9 Å². The maximum atomic E-state index is 12.0. The molecule has 0 unspecified atom stereocenters. The number of carbonyl (C=O) groups excluding carboxylic acids is 1. The van der Waals surface area contributed by atoms with Crippen LogP contribution in [0.15, 0.2) is 6.20 Å². The summed E-state index contributed by atoms with van der Waals surface area (Å²) in [6.07, 6.45) is 3.45. The molecular formula is C10H13ClN2OS. The molecule has 0 atom stereocenters. The molecule has 0 aliphatic carbocycles. The number of piperidine rings is 1. The first kappa shape index (κ1) is 10.9. The summed E-state index contributed by atoms with van der Waals surface area (Å²) in [6.45, 7) is 3.44. The molecule has 1 saturated heterocycles. The zero-order valence-electron chi connectivity index (χ0n) is 8.57. The van der Waals surface area contributed by atoms with Gasteiger partial charge in [-0.1, -0.05) is 0 Å². The van der Waals surface area contributed by atoms with Gasteiger partial charge < -0.3 is 4.90 Å². The van der Waals surface area contributed by atoms with Gasteiger partial charge in [0, 0.05) is 18.5 Å². The normalized spacial score (nSPS) is 18.1. The second-order valence-corrected chi connectivity index (χ2v) is 5.56. The summed E-state index contributed by atoms with van der Waals surface area (Å²) in [7, 11) is 0. The van der Waals surface area contributed by atoms with E-state index in [0.29, 0.717) is 0 Å². The molecule has 1 aliphatic heterocycles. The summed E-state index contributed by atoms with van der Waals surface area (Å²) in [5.74, 6) is 0.101. The number of halogens is 1. The third-order valence-electron chi connectivity index (χ3n) is 2.54. The summed E-state index contributed by atoms with van der Waals surface area (Å²) in [5.41, 5.74) is 0. The van der Waals surface area contributed by atoms with Crippen molar-refractivity contribution in [3.05, 3.63) is 16.1 Å². The van der Waals surface area contributed by atoms with Crippen LogP contribution in [0.25, 0.3) is 0 Å². The van der Waals surface area contributed by atoms with E-state index >= 15 is 0 Å². The van der Waals surface area contributed by atoms with Crippen molar-refractivity contribution in [2.45, 2.75) is 25.1 Å². The lowest BCUT2D eigenvalue weighted by Gasteiger charge is -2.28. The fourth-order valence-electron chi connectivity index (χ4n) is 1.67. The van der Waals surface area contributed by atoms with Crippen molar-refractivity contribution in [3.8, 4) is 0 Å². The van der Waals surface area contributed by atoms with Crippen molar-refractivity contribution < 1.29 is 4.79 Å². The lowest BCUT2D eigenvalue weighted by molar-refractivity contribution is 0.0731. The molecule has 0 N–H and O–H groups in total. The Kier molecular flexibility index (Phi) is 3.26. The van der Waals surface area contributed by atoms with Gasteiger partial charge in [0.05, 0.1) is 11.2 Å². The van der Waals surface area contributed by atoms with Gasteiger partial charge in [-0.05, 0) is 19.8 Å². The number of likely N-dealkylation sites (tertiary alicyclic amines) is 1. The van der Waals surface area contributed by atoms with Crippen LogP contribution in [0, 0.1) is 6.92 Å². The smallest absolute Gasteiger partial charge is 0.265 e. The minimum atomic E-state index is 0.101. The van der Waals surface area contributed by atoms with Crippen molar-refractivity contribution >= 4 is 28.8 Å². The Morgan fingerprint density at radius 1 is 1.60 bits per heavy atom. The molecule has 1 fully saturated rings. The highest BCUT2D eigenvalue weighted by Gasteiger charge is 2.23. The van der Waals surface area contributed by atoms with Gasteiger partial charge in [-0.15, -0.1) is 22.9 Å². The Balaban J connectivity index is 2.02. The average molecular weight is 245 g/mol. The van der Waals surface area contributed by atoms with E-state index in [1.165, 1.54) is 11.3 Å². The van der Waals surface area contributed by atoms with E-state index in [4.69, 9.17) is 11.6 Å². The Hall–Kier alpha value is -0.610. The predicted molar refractivity (Wildman–Crippen MR) is 61.6 cm³/mol. The molecule has 3 nitrogen and oxygen atoms in total. The Bertz CT molecular complexity index is 358. The van der Waals surface area contributed by atoms with Crippen molar-refractivity contribution in [2.24, 2.45) is 0 Å². The molecule has 15 heavy (non-hydrogen) atoms. The van der Waals surface area contributed by atoms with E-state index in [9.17, 15) is 4.79 Å². The summed E-state index contributed by atoms with van der Waals surface area (Å²) < 4.78 is 0. The number of thiazole rings is 1. The monoisotopic (exact) mass is 244 g/mol. The highest BCUT2D eigenvalue weighted by Crippen LogP contribution is 2.20. The van der Waals surface area contributed by atoms with Gasteiger partial charge in [0.25, 0.3) is 5.91 Å². The van der Waals surface area contributed by atoms with Gasteiger partial charge >= 0.3 is 0 Å². The highest BCUT2D eigenvalue weighted by atomic mass is 35.5. The zero-order valence-corrected chi connectivity index (χ0v) is 10.1. The van der Waals surface area contributed by atoms with Gasteiger partial charge in [-0.25, -0.2) is 4.98 Å². The lowest BCUT2D eigenvalue weighted by atomic mass is 10.1. The van der Waals surface area contributed by atoms with Crippen LogP contribution in [-0.4, -0.2) is 34.3 Å². The second-order valence-electron chi connectivity index (χ2n) is 3.71. The zero-order chi connectivity index (χ0) is 10.8. The molecule has 5 heteroatoms. The topological polar surface area (TPSA) is 33.2 Å². The number of hydrogen-bond acceptors (Lipinski definition) is 3. The third-order valence-corrected chi connectivity index (χ3v) is 3.88. The summed E-state index contributed by atoms with van der Waals surface area (Å²) >= 11 is 7.44. The largest absolute Gasteiger partial charge is 0.338 e. The molecule has 1 aliphatic rings. The number of rotatable bonds is 1. The third kappa shape index (κ3) is 2.49. The molecular weight excluding hydrogens is 232 g/mol. The fourth-order valence-corrected chi connectivity index (χ4v) is 2.61. The van der Waals surface area contributed by atoms with E-state index in [2.05, 4.69) is 4.98 Å². The number of nitrogens with zero attached hydrogens (tertiary/aromatic N) is 2. The molecule has 0 radical (unpaired) electrons. The van der Waals surface area contributed by atoms with Crippen LogP contribution in [0.1, 0.15) is 27.5 Å². The van der Waals surface area contributed by atoms with Crippen molar-refractivity contribution in [3.63, 3.8) is 0 Å². The molecule has 0 aromatic carbocycles. The number of alkyl halides is 1. The number of carbonyl (C=O) groups is 1. The van der Waals surface area contributed by atoms with Crippen molar-refractivity contribution in [1.82, 2.24) is 9.88 Å². The summed E-state index contributed by atoms with van der Waals surface area (Å²) in [6, 6.07) is 0. The van der Waals surface area contributed by atoms with Crippen LogP contribution in [0.3, 0.4) is 0 Å². The Labute approximate surface area is 98.1 Å². The van der Waals surface area contributed by atoms with Gasteiger partial charge in [0.2, 0.25) is 0 Å². The van der Waals surface area contributed by atoms with Crippen molar-refractivity contribution in [1.29, 1.82) is 0 Å². The first-order valence-electron chi connectivity index (χ1n) is 5.02. The number of hydrogen-bond donors (Lipinski definition) is 0. The minimum absolute atomic E-state index is 0.101.